The van der Waals surface area contributed by atoms with Gasteiger partial charge in [0.2, 0.25) is 10.0 Å². The summed E-state index contributed by atoms with van der Waals surface area (Å²) in [5.74, 6) is 0.924. The molecule has 8 heteroatoms. The van der Waals surface area contributed by atoms with Crippen molar-refractivity contribution in [1.82, 2.24) is 19.4 Å². The Morgan fingerprint density at radius 2 is 1.96 bits per heavy atom. The second-order valence-electron chi connectivity index (χ2n) is 7.23. The first-order chi connectivity index (χ1) is 12.6. The summed E-state index contributed by atoms with van der Waals surface area (Å²) in [4.78, 5) is 2.75. The van der Waals surface area contributed by atoms with Crippen LogP contribution in [0.1, 0.15) is 37.9 Å². The summed E-state index contributed by atoms with van der Waals surface area (Å²) in [6.07, 6.45) is 7.59. The number of aromatic amines is 1. The molecule has 26 heavy (non-hydrogen) atoms. The first-order valence-electron chi connectivity index (χ1n) is 9.40. The fourth-order valence-electron chi connectivity index (χ4n) is 4.18. The monoisotopic (exact) mass is 378 g/mol. The van der Waals surface area contributed by atoms with E-state index in [0.29, 0.717) is 36.3 Å². The number of rotatable bonds is 4. The molecule has 7 nitrogen and oxygen atoms in total. The quantitative estimate of drug-likeness (QED) is 0.884. The zero-order valence-electron chi connectivity index (χ0n) is 15.1. The third-order valence-corrected chi connectivity index (χ3v) is 7.59. The highest BCUT2D eigenvalue weighted by Crippen LogP contribution is 2.30. The highest BCUT2D eigenvalue weighted by molar-refractivity contribution is 7.89. The van der Waals surface area contributed by atoms with Crippen LogP contribution in [-0.2, 0) is 10.0 Å². The Labute approximate surface area is 154 Å². The molecule has 4 rings (SSSR count). The number of hydrogen-bond acceptors (Lipinski definition) is 5. The zero-order chi connectivity index (χ0) is 18.1. The molecule has 1 aliphatic carbocycles. The van der Waals surface area contributed by atoms with Crippen LogP contribution >= 0.6 is 0 Å². The highest BCUT2D eigenvalue weighted by Gasteiger charge is 2.32. The van der Waals surface area contributed by atoms with E-state index in [0.717, 1.165) is 19.5 Å². The van der Waals surface area contributed by atoms with Gasteiger partial charge in [-0.2, -0.15) is 9.40 Å². The van der Waals surface area contributed by atoms with Crippen molar-refractivity contribution >= 4 is 10.0 Å². The van der Waals surface area contributed by atoms with Gasteiger partial charge >= 0.3 is 0 Å². The number of nitrogens with one attached hydrogen (secondary N) is 1. The Balaban J connectivity index is 1.53. The van der Waals surface area contributed by atoms with Crippen LogP contribution in [0.3, 0.4) is 0 Å². The van der Waals surface area contributed by atoms with Crippen LogP contribution in [0.2, 0.25) is 0 Å². The van der Waals surface area contributed by atoms with Gasteiger partial charge in [0.15, 0.2) is 5.76 Å². The van der Waals surface area contributed by atoms with Crippen LogP contribution in [0, 0.1) is 6.92 Å². The van der Waals surface area contributed by atoms with E-state index in [1.165, 1.54) is 25.7 Å². The minimum absolute atomic E-state index is 0.261. The van der Waals surface area contributed by atoms with Crippen LogP contribution in [0.5, 0.6) is 0 Å². The molecule has 0 amide bonds. The van der Waals surface area contributed by atoms with E-state index in [-0.39, 0.29) is 4.90 Å². The van der Waals surface area contributed by atoms with Gasteiger partial charge in [0, 0.05) is 37.9 Å². The van der Waals surface area contributed by atoms with Crippen LogP contribution in [-0.4, -0.2) is 60.0 Å². The van der Waals surface area contributed by atoms with Crippen molar-refractivity contribution in [1.29, 1.82) is 0 Å². The molecule has 2 aromatic rings. The summed E-state index contributed by atoms with van der Waals surface area (Å²) in [5, 5.41) is 6.71. The molecule has 2 aliphatic rings. The number of furan rings is 1. The van der Waals surface area contributed by atoms with Gasteiger partial charge in [-0.05, 0) is 38.8 Å². The molecule has 1 saturated heterocycles. The topological polar surface area (TPSA) is 82.4 Å². The number of aryl methyl sites for hydroxylation is 1. The Hall–Kier alpha value is -1.64. The molecule has 3 heterocycles. The Morgan fingerprint density at radius 1 is 1.15 bits per heavy atom. The molecule has 1 aliphatic heterocycles. The summed E-state index contributed by atoms with van der Waals surface area (Å²) in [6.45, 7) is 4.61. The molecule has 2 fully saturated rings. The average molecular weight is 378 g/mol. The number of nitrogens with zero attached hydrogens (tertiary/aromatic N) is 3. The van der Waals surface area contributed by atoms with Crippen molar-refractivity contribution in [2.45, 2.75) is 50.0 Å². The molecule has 2 aromatic heterocycles. The minimum Gasteiger partial charge on any atom is -0.458 e. The molecule has 0 unspecified atom stereocenters. The molecule has 1 saturated carbocycles. The number of aromatic nitrogens is 2. The van der Waals surface area contributed by atoms with Crippen molar-refractivity contribution in [3.63, 3.8) is 0 Å². The van der Waals surface area contributed by atoms with Gasteiger partial charge in [0.05, 0.1) is 0 Å². The van der Waals surface area contributed by atoms with Gasteiger partial charge in [-0.15, -0.1) is 0 Å². The van der Waals surface area contributed by atoms with Gasteiger partial charge < -0.3 is 4.42 Å². The number of H-pyrrole nitrogens is 1. The van der Waals surface area contributed by atoms with E-state index < -0.39 is 10.0 Å². The first-order valence-corrected chi connectivity index (χ1v) is 10.8. The molecule has 0 atom stereocenters. The lowest BCUT2D eigenvalue weighted by Crippen LogP contribution is -2.38. The third-order valence-electron chi connectivity index (χ3n) is 5.59. The largest absolute Gasteiger partial charge is 0.458 e. The SMILES string of the molecule is Cc1oc(-c2ccn[nH]2)cc1S(=O)(=O)N1CCCN(C2CCCC2)CC1. The second kappa shape index (κ2) is 7.17. The molecule has 0 aromatic carbocycles. The molecule has 0 radical (unpaired) electrons. The fraction of sp³-hybridized carbons (Fsp3) is 0.611. The second-order valence-corrected chi connectivity index (χ2v) is 9.14. The molecule has 0 bridgehead atoms. The number of hydrogen-bond donors (Lipinski definition) is 1. The molecule has 0 spiro atoms. The standard InChI is InChI=1S/C18H26N4O3S/c1-14-18(13-17(25-14)16-7-8-19-20-16)26(23,24)22-10-4-9-21(11-12-22)15-5-2-3-6-15/h7-8,13,15H,2-6,9-12H2,1H3,(H,19,20). The summed E-state index contributed by atoms with van der Waals surface area (Å²) in [6, 6.07) is 4.01. The molecular weight excluding hydrogens is 352 g/mol. The van der Waals surface area contributed by atoms with Crippen molar-refractivity contribution in [2.24, 2.45) is 0 Å². The zero-order valence-corrected chi connectivity index (χ0v) is 16.0. The lowest BCUT2D eigenvalue weighted by molar-refractivity contribution is 0.209. The van der Waals surface area contributed by atoms with Gasteiger partial charge in [0.25, 0.3) is 0 Å². The van der Waals surface area contributed by atoms with Crippen LogP contribution in [0.25, 0.3) is 11.5 Å². The predicted octanol–water partition coefficient (Wildman–Crippen LogP) is 2.62. The molecule has 142 valence electrons. The van der Waals surface area contributed by atoms with Crippen molar-refractivity contribution in [3.05, 3.63) is 24.1 Å². The lowest BCUT2D eigenvalue weighted by Gasteiger charge is -2.27. The summed E-state index contributed by atoms with van der Waals surface area (Å²) >= 11 is 0. The summed E-state index contributed by atoms with van der Waals surface area (Å²) in [5.41, 5.74) is 0.679. The minimum atomic E-state index is -3.55. The average Bonchev–Trinajstić information content (AvgIpc) is 3.34. The Bertz CT molecular complexity index is 838. The number of sulfonamides is 1. The Kier molecular flexibility index (Phi) is 4.90. The van der Waals surface area contributed by atoms with Crippen molar-refractivity contribution in [3.8, 4) is 11.5 Å². The summed E-state index contributed by atoms with van der Waals surface area (Å²) in [7, 11) is -3.55. The molecule has 1 N–H and O–H groups in total. The maximum Gasteiger partial charge on any atom is 0.246 e. The first kappa shape index (κ1) is 17.8. The lowest BCUT2D eigenvalue weighted by atomic mass is 10.2. The van der Waals surface area contributed by atoms with E-state index in [9.17, 15) is 8.42 Å². The van der Waals surface area contributed by atoms with Crippen LogP contribution in [0.15, 0.2) is 27.6 Å². The van der Waals surface area contributed by atoms with Gasteiger partial charge in [-0.3, -0.25) is 10.00 Å². The van der Waals surface area contributed by atoms with E-state index in [2.05, 4.69) is 15.1 Å². The maximum atomic E-state index is 13.2. The van der Waals surface area contributed by atoms with Crippen LogP contribution in [0.4, 0.5) is 0 Å². The van der Waals surface area contributed by atoms with E-state index in [4.69, 9.17) is 4.42 Å². The maximum absolute atomic E-state index is 13.2. The van der Waals surface area contributed by atoms with Crippen molar-refractivity contribution in [2.75, 3.05) is 26.2 Å². The van der Waals surface area contributed by atoms with Gasteiger partial charge in [-0.1, -0.05) is 12.8 Å². The predicted molar refractivity (Wildman–Crippen MR) is 98.2 cm³/mol. The highest BCUT2D eigenvalue weighted by atomic mass is 32.2. The summed E-state index contributed by atoms with van der Waals surface area (Å²) < 4.78 is 33.7. The fourth-order valence-corrected chi connectivity index (χ4v) is 5.81. The van der Waals surface area contributed by atoms with Crippen LogP contribution < -0.4 is 0 Å². The van der Waals surface area contributed by atoms with E-state index >= 15 is 0 Å². The van der Waals surface area contributed by atoms with E-state index in [1.807, 2.05) is 0 Å². The van der Waals surface area contributed by atoms with E-state index in [1.54, 1.807) is 29.6 Å². The third kappa shape index (κ3) is 3.33. The Morgan fingerprint density at radius 3 is 2.69 bits per heavy atom. The molecular formula is C18H26N4O3S. The van der Waals surface area contributed by atoms with Gasteiger partial charge in [-0.25, -0.2) is 8.42 Å². The normalized spacial score (nSPS) is 21.3. The van der Waals surface area contributed by atoms with Gasteiger partial charge in [0.1, 0.15) is 16.3 Å². The smallest absolute Gasteiger partial charge is 0.246 e. The van der Waals surface area contributed by atoms with Crippen molar-refractivity contribution < 1.29 is 12.8 Å².